The summed E-state index contributed by atoms with van der Waals surface area (Å²) < 4.78 is 0. The Morgan fingerprint density at radius 2 is 1.80 bits per heavy atom. The van der Waals surface area contributed by atoms with Crippen LogP contribution in [0.2, 0.25) is 0 Å². The average Bonchev–Trinajstić information content (AvgIpc) is 2.65. The quantitative estimate of drug-likeness (QED) is 0.907. The van der Waals surface area contributed by atoms with Crippen LogP contribution >= 0.6 is 0 Å². The number of aryl methyl sites for hydroxylation is 1. The Morgan fingerprint density at radius 3 is 2.52 bits per heavy atom. The lowest BCUT2D eigenvalue weighted by Crippen LogP contribution is -2.51. The van der Waals surface area contributed by atoms with E-state index in [-0.39, 0.29) is 5.91 Å². The first-order valence-electron chi connectivity index (χ1n) is 8.83. The molecule has 2 heterocycles. The van der Waals surface area contributed by atoms with Crippen molar-refractivity contribution in [1.29, 1.82) is 0 Å². The van der Waals surface area contributed by atoms with E-state index in [0.29, 0.717) is 13.1 Å². The number of hydrogen-bond acceptors (Lipinski definition) is 4. The summed E-state index contributed by atoms with van der Waals surface area (Å²) in [5, 5.41) is 3.23. The molecular weight excluding hydrogens is 312 g/mol. The highest BCUT2D eigenvalue weighted by Gasteiger charge is 2.21. The molecule has 0 unspecified atom stereocenters. The fourth-order valence-corrected chi connectivity index (χ4v) is 3.20. The molecule has 0 saturated carbocycles. The Labute approximate surface area is 149 Å². The number of carbonyl (C=O) groups excluding carboxylic acids is 1. The molecule has 132 valence electrons. The number of carbonyl (C=O) groups is 1. The SMILES string of the molecule is Cc1cccc(N2CCN(C(=O)CNCc3ccncc3)CC2)c1C. The second-order valence-corrected chi connectivity index (χ2v) is 6.55. The van der Waals surface area contributed by atoms with E-state index in [0.717, 1.165) is 31.7 Å². The first-order valence-corrected chi connectivity index (χ1v) is 8.83. The fraction of sp³-hybridized carbons (Fsp3) is 0.400. The predicted molar refractivity (Wildman–Crippen MR) is 101 cm³/mol. The van der Waals surface area contributed by atoms with Gasteiger partial charge in [0.25, 0.3) is 0 Å². The number of piperazine rings is 1. The van der Waals surface area contributed by atoms with E-state index in [2.05, 4.69) is 47.2 Å². The van der Waals surface area contributed by atoms with Crippen molar-refractivity contribution in [1.82, 2.24) is 15.2 Å². The predicted octanol–water partition coefficient (Wildman–Crippen LogP) is 2.14. The van der Waals surface area contributed by atoms with Gasteiger partial charge in [-0.15, -0.1) is 0 Å². The summed E-state index contributed by atoms with van der Waals surface area (Å²) in [7, 11) is 0. The van der Waals surface area contributed by atoms with Gasteiger partial charge in [-0.1, -0.05) is 12.1 Å². The Morgan fingerprint density at radius 1 is 1.08 bits per heavy atom. The zero-order valence-electron chi connectivity index (χ0n) is 15.0. The van der Waals surface area contributed by atoms with Crippen molar-refractivity contribution in [2.75, 3.05) is 37.6 Å². The number of aromatic nitrogens is 1. The largest absolute Gasteiger partial charge is 0.368 e. The third-order valence-corrected chi connectivity index (χ3v) is 4.90. The van der Waals surface area contributed by atoms with Crippen LogP contribution in [0.15, 0.2) is 42.7 Å². The van der Waals surface area contributed by atoms with E-state index in [1.165, 1.54) is 16.8 Å². The van der Waals surface area contributed by atoms with Crippen LogP contribution in [0.5, 0.6) is 0 Å². The lowest BCUT2D eigenvalue weighted by molar-refractivity contribution is -0.130. The number of nitrogens with zero attached hydrogens (tertiary/aromatic N) is 3. The van der Waals surface area contributed by atoms with Gasteiger partial charge in [0.1, 0.15) is 0 Å². The third kappa shape index (κ3) is 4.37. The van der Waals surface area contributed by atoms with Gasteiger partial charge in [0.15, 0.2) is 0 Å². The Kier molecular flexibility index (Phi) is 5.66. The molecule has 2 aromatic rings. The standard InChI is InChI=1S/C20H26N4O/c1-16-4-3-5-19(17(16)2)23-10-12-24(13-11-23)20(25)15-22-14-18-6-8-21-9-7-18/h3-9,22H,10-15H2,1-2H3. The molecule has 1 aliphatic heterocycles. The Bertz CT molecular complexity index is 709. The van der Waals surface area contributed by atoms with Crippen molar-refractivity contribution in [3.63, 3.8) is 0 Å². The highest BCUT2D eigenvalue weighted by Crippen LogP contribution is 2.23. The van der Waals surface area contributed by atoms with Crippen LogP contribution < -0.4 is 10.2 Å². The summed E-state index contributed by atoms with van der Waals surface area (Å²) in [4.78, 5) is 20.7. The zero-order valence-corrected chi connectivity index (χ0v) is 15.0. The topological polar surface area (TPSA) is 48.5 Å². The van der Waals surface area contributed by atoms with Crippen LogP contribution in [0.4, 0.5) is 5.69 Å². The third-order valence-electron chi connectivity index (χ3n) is 4.90. The van der Waals surface area contributed by atoms with Crippen LogP contribution in [0.3, 0.4) is 0 Å². The average molecular weight is 338 g/mol. The lowest BCUT2D eigenvalue weighted by Gasteiger charge is -2.37. The van der Waals surface area contributed by atoms with E-state index in [1.54, 1.807) is 12.4 Å². The number of benzene rings is 1. The van der Waals surface area contributed by atoms with E-state index < -0.39 is 0 Å². The highest BCUT2D eigenvalue weighted by molar-refractivity contribution is 5.78. The summed E-state index contributed by atoms with van der Waals surface area (Å²) in [6.07, 6.45) is 3.54. The smallest absolute Gasteiger partial charge is 0.236 e. The monoisotopic (exact) mass is 338 g/mol. The summed E-state index contributed by atoms with van der Waals surface area (Å²) in [6.45, 7) is 8.73. The van der Waals surface area contributed by atoms with Gasteiger partial charge < -0.3 is 15.1 Å². The molecule has 0 atom stereocenters. The molecule has 1 N–H and O–H groups in total. The van der Waals surface area contributed by atoms with Crippen molar-refractivity contribution >= 4 is 11.6 Å². The molecule has 5 nitrogen and oxygen atoms in total. The molecule has 1 aliphatic rings. The highest BCUT2D eigenvalue weighted by atomic mass is 16.2. The summed E-state index contributed by atoms with van der Waals surface area (Å²) in [5.74, 6) is 0.176. The molecule has 1 saturated heterocycles. The first-order chi connectivity index (χ1) is 12.1. The Hall–Kier alpha value is -2.40. The summed E-state index contributed by atoms with van der Waals surface area (Å²) in [5.41, 5.74) is 5.09. The number of rotatable bonds is 5. The minimum absolute atomic E-state index is 0.176. The van der Waals surface area contributed by atoms with Crippen molar-refractivity contribution < 1.29 is 4.79 Å². The number of anilines is 1. The van der Waals surface area contributed by atoms with Gasteiger partial charge in [0, 0.05) is 50.8 Å². The minimum Gasteiger partial charge on any atom is -0.368 e. The number of hydrogen-bond donors (Lipinski definition) is 1. The number of pyridine rings is 1. The maximum absolute atomic E-state index is 12.4. The van der Waals surface area contributed by atoms with Gasteiger partial charge in [0.2, 0.25) is 5.91 Å². The van der Waals surface area contributed by atoms with Gasteiger partial charge in [-0.3, -0.25) is 9.78 Å². The zero-order chi connectivity index (χ0) is 17.6. The molecule has 0 radical (unpaired) electrons. The second-order valence-electron chi connectivity index (χ2n) is 6.55. The first kappa shape index (κ1) is 17.4. The van der Waals surface area contributed by atoms with Gasteiger partial charge in [0.05, 0.1) is 6.54 Å². The van der Waals surface area contributed by atoms with Crippen molar-refractivity contribution in [2.24, 2.45) is 0 Å². The van der Waals surface area contributed by atoms with Crippen molar-refractivity contribution in [3.8, 4) is 0 Å². The molecule has 5 heteroatoms. The van der Waals surface area contributed by atoms with Crippen LogP contribution in [0, 0.1) is 13.8 Å². The molecule has 1 fully saturated rings. The van der Waals surface area contributed by atoms with Crippen molar-refractivity contribution in [2.45, 2.75) is 20.4 Å². The van der Waals surface area contributed by atoms with E-state index in [1.807, 2.05) is 17.0 Å². The number of nitrogens with one attached hydrogen (secondary N) is 1. The van der Waals surface area contributed by atoms with Crippen LogP contribution in [-0.2, 0) is 11.3 Å². The molecule has 1 amide bonds. The summed E-state index contributed by atoms with van der Waals surface area (Å²) >= 11 is 0. The molecule has 0 bridgehead atoms. The van der Waals surface area contributed by atoms with Crippen LogP contribution in [0.1, 0.15) is 16.7 Å². The number of amides is 1. The molecule has 3 rings (SSSR count). The maximum Gasteiger partial charge on any atom is 0.236 e. The molecule has 1 aromatic heterocycles. The van der Waals surface area contributed by atoms with Crippen LogP contribution in [-0.4, -0.2) is 48.5 Å². The van der Waals surface area contributed by atoms with E-state index in [4.69, 9.17) is 0 Å². The Balaban J connectivity index is 1.47. The maximum atomic E-state index is 12.4. The van der Waals surface area contributed by atoms with E-state index in [9.17, 15) is 4.79 Å². The summed E-state index contributed by atoms with van der Waals surface area (Å²) in [6, 6.07) is 10.3. The second kappa shape index (κ2) is 8.12. The lowest BCUT2D eigenvalue weighted by atomic mass is 10.1. The molecular formula is C20H26N4O. The fourth-order valence-electron chi connectivity index (χ4n) is 3.20. The molecule has 1 aromatic carbocycles. The molecule has 0 aliphatic carbocycles. The molecule has 25 heavy (non-hydrogen) atoms. The van der Waals surface area contributed by atoms with Gasteiger partial charge in [-0.05, 0) is 48.7 Å². The van der Waals surface area contributed by atoms with Crippen molar-refractivity contribution in [3.05, 3.63) is 59.4 Å². The normalized spacial score (nSPS) is 14.6. The van der Waals surface area contributed by atoms with Crippen LogP contribution in [0.25, 0.3) is 0 Å². The van der Waals surface area contributed by atoms with Gasteiger partial charge >= 0.3 is 0 Å². The van der Waals surface area contributed by atoms with Gasteiger partial charge in [-0.2, -0.15) is 0 Å². The van der Waals surface area contributed by atoms with Gasteiger partial charge in [-0.25, -0.2) is 0 Å². The molecule has 0 spiro atoms. The van der Waals surface area contributed by atoms with E-state index >= 15 is 0 Å². The minimum atomic E-state index is 0.176.